The average molecular weight is 296 g/mol. The number of hydrogen-bond donors (Lipinski definition) is 1. The maximum absolute atomic E-state index is 12.4. The Morgan fingerprint density at radius 1 is 1.30 bits per heavy atom. The first-order valence-electron chi connectivity index (χ1n) is 6.65. The molecule has 0 bridgehead atoms. The largest absolute Gasteiger partial charge is 0.336 e. The Morgan fingerprint density at radius 3 is 2.40 bits per heavy atom. The van der Waals surface area contributed by atoms with Crippen molar-refractivity contribution < 1.29 is 13.2 Å². The number of piperidine rings is 1. The summed E-state index contributed by atoms with van der Waals surface area (Å²) in [5.74, 6) is -0.0653. The molecule has 6 heteroatoms. The number of nitrogens with two attached hydrogens (primary N) is 1. The highest BCUT2D eigenvalue weighted by Gasteiger charge is 2.27. The molecule has 1 aliphatic heterocycles. The lowest BCUT2D eigenvalue weighted by atomic mass is 9.98. The van der Waals surface area contributed by atoms with Crippen LogP contribution in [0, 0.1) is 0 Å². The lowest BCUT2D eigenvalue weighted by Crippen LogP contribution is -2.48. The van der Waals surface area contributed by atoms with E-state index in [1.54, 1.807) is 17.0 Å². The number of rotatable bonds is 2. The van der Waals surface area contributed by atoms with Crippen LogP contribution in [0.5, 0.6) is 0 Å². The van der Waals surface area contributed by atoms with E-state index < -0.39 is 9.84 Å². The predicted octanol–water partition coefficient (Wildman–Crippen LogP) is 1.04. The summed E-state index contributed by atoms with van der Waals surface area (Å²) >= 11 is 0. The van der Waals surface area contributed by atoms with E-state index in [1.165, 1.54) is 12.1 Å². The van der Waals surface area contributed by atoms with Crippen molar-refractivity contribution in [3.63, 3.8) is 0 Å². The minimum atomic E-state index is -3.23. The van der Waals surface area contributed by atoms with Gasteiger partial charge in [0, 0.05) is 30.4 Å². The van der Waals surface area contributed by atoms with E-state index in [1.807, 2.05) is 6.92 Å². The van der Waals surface area contributed by atoms with E-state index in [4.69, 9.17) is 5.73 Å². The molecule has 2 unspecified atom stereocenters. The summed E-state index contributed by atoms with van der Waals surface area (Å²) in [6.07, 6.45) is 2.75. The van der Waals surface area contributed by atoms with Gasteiger partial charge in [0.05, 0.1) is 4.90 Å². The van der Waals surface area contributed by atoms with Gasteiger partial charge in [0.2, 0.25) is 0 Å². The third-order valence-electron chi connectivity index (χ3n) is 3.71. The first-order chi connectivity index (χ1) is 9.29. The highest BCUT2D eigenvalue weighted by atomic mass is 32.2. The van der Waals surface area contributed by atoms with Crippen LogP contribution in [0.2, 0.25) is 0 Å². The molecule has 1 aromatic rings. The Balaban J connectivity index is 2.17. The topological polar surface area (TPSA) is 80.5 Å². The van der Waals surface area contributed by atoms with Gasteiger partial charge in [-0.25, -0.2) is 8.42 Å². The Hall–Kier alpha value is -1.40. The van der Waals surface area contributed by atoms with Crippen molar-refractivity contribution in [1.29, 1.82) is 0 Å². The monoisotopic (exact) mass is 296 g/mol. The van der Waals surface area contributed by atoms with Crippen molar-refractivity contribution in [3.05, 3.63) is 29.8 Å². The maximum atomic E-state index is 12.4. The molecule has 2 N–H and O–H groups in total. The second-order valence-corrected chi connectivity index (χ2v) is 7.44. The molecule has 2 atom stereocenters. The van der Waals surface area contributed by atoms with Crippen LogP contribution in [0.15, 0.2) is 29.2 Å². The zero-order chi connectivity index (χ0) is 14.9. The second kappa shape index (κ2) is 5.54. The zero-order valence-corrected chi connectivity index (χ0v) is 12.6. The first kappa shape index (κ1) is 15.0. The van der Waals surface area contributed by atoms with Crippen molar-refractivity contribution >= 4 is 15.7 Å². The van der Waals surface area contributed by atoms with E-state index in [-0.39, 0.29) is 22.9 Å². The predicted molar refractivity (Wildman–Crippen MR) is 77.3 cm³/mol. The molecule has 1 saturated heterocycles. The molecule has 2 rings (SSSR count). The normalized spacial score (nSPS) is 23.6. The summed E-state index contributed by atoms with van der Waals surface area (Å²) in [4.78, 5) is 14.4. The van der Waals surface area contributed by atoms with Crippen LogP contribution >= 0.6 is 0 Å². The summed E-state index contributed by atoms with van der Waals surface area (Å²) in [6.45, 7) is 2.64. The minimum absolute atomic E-state index is 0.0653. The molecule has 20 heavy (non-hydrogen) atoms. The van der Waals surface area contributed by atoms with Crippen LogP contribution in [-0.2, 0) is 9.84 Å². The number of carbonyl (C=O) groups is 1. The van der Waals surface area contributed by atoms with Gasteiger partial charge in [0.1, 0.15) is 0 Å². The van der Waals surface area contributed by atoms with Crippen LogP contribution in [0.1, 0.15) is 30.1 Å². The lowest BCUT2D eigenvalue weighted by Gasteiger charge is -2.36. The van der Waals surface area contributed by atoms with Gasteiger partial charge in [-0.1, -0.05) is 0 Å². The van der Waals surface area contributed by atoms with Gasteiger partial charge in [-0.3, -0.25) is 4.79 Å². The van der Waals surface area contributed by atoms with Crippen LogP contribution in [-0.4, -0.2) is 44.1 Å². The van der Waals surface area contributed by atoms with Crippen LogP contribution in [0.25, 0.3) is 0 Å². The molecule has 5 nitrogen and oxygen atoms in total. The van der Waals surface area contributed by atoms with E-state index in [0.29, 0.717) is 12.1 Å². The lowest BCUT2D eigenvalue weighted by molar-refractivity contribution is 0.0619. The van der Waals surface area contributed by atoms with Gasteiger partial charge >= 0.3 is 0 Å². The number of amides is 1. The second-order valence-electron chi connectivity index (χ2n) is 5.43. The molecule has 0 saturated carbocycles. The number of benzene rings is 1. The highest BCUT2D eigenvalue weighted by Crippen LogP contribution is 2.19. The highest BCUT2D eigenvalue weighted by molar-refractivity contribution is 7.90. The van der Waals surface area contributed by atoms with Crippen molar-refractivity contribution in [2.24, 2.45) is 5.73 Å². The van der Waals surface area contributed by atoms with Crippen molar-refractivity contribution in [1.82, 2.24) is 4.90 Å². The number of sulfone groups is 1. The summed E-state index contributed by atoms with van der Waals surface area (Å²) in [6, 6.07) is 6.36. The number of likely N-dealkylation sites (tertiary alicyclic amines) is 1. The fourth-order valence-corrected chi connectivity index (χ4v) is 3.15. The van der Waals surface area contributed by atoms with E-state index in [2.05, 4.69) is 0 Å². The molecule has 0 radical (unpaired) electrons. The van der Waals surface area contributed by atoms with Gasteiger partial charge in [-0.15, -0.1) is 0 Å². The number of nitrogens with zero attached hydrogens (tertiary/aromatic N) is 1. The summed E-state index contributed by atoms with van der Waals surface area (Å²) in [5, 5.41) is 0. The van der Waals surface area contributed by atoms with E-state index >= 15 is 0 Å². The summed E-state index contributed by atoms with van der Waals surface area (Å²) < 4.78 is 22.8. The standard InChI is InChI=1S/C14H20N2O3S/c1-10-9-12(15)7-8-16(10)14(17)11-3-5-13(6-4-11)20(2,18)19/h3-6,10,12H,7-9,15H2,1-2H3. The first-order valence-corrected chi connectivity index (χ1v) is 8.55. The Labute approximate surface area is 119 Å². The van der Waals surface area contributed by atoms with E-state index in [9.17, 15) is 13.2 Å². The molecule has 110 valence electrons. The molecule has 0 aromatic heterocycles. The molecule has 1 heterocycles. The molecule has 0 aliphatic carbocycles. The Bertz CT molecular complexity index is 595. The fraction of sp³-hybridized carbons (Fsp3) is 0.500. The Kier molecular flexibility index (Phi) is 4.15. The van der Waals surface area contributed by atoms with Gasteiger partial charge in [-0.2, -0.15) is 0 Å². The Morgan fingerprint density at radius 2 is 1.90 bits per heavy atom. The smallest absolute Gasteiger partial charge is 0.254 e. The molecule has 1 aliphatic rings. The number of carbonyl (C=O) groups excluding carboxylic acids is 1. The average Bonchev–Trinajstić information content (AvgIpc) is 2.37. The molecular formula is C14H20N2O3S. The molecule has 1 amide bonds. The summed E-state index contributed by atoms with van der Waals surface area (Å²) in [5.41, 5.74) is 6.40. The molecule has 1 fully saturated rings. The van der Waals surface area contributed by atoms with Crippen LogP contribution < -0.4 is 5.73 Å². The quantitative estimate of drug-likeness (QED) is 0.884. The minimum Gasteiger partial charge on any atom is -0.336 e. The molecular weight excluding hydrogens is 276 g/mol. The van der Waals surface area contributed by atoms with Crippen LogP contribution in [0.4, 0.5) is 0 Å². The third kappa shape index (κ3) is 3.19. The van der Waals surface area contributed by atoms with Gasteiger partial charge in [0.15, 0.2) is 9.84 Å². The van der Waals surface area contributed by atoms with E-state index in [0.717, 1.165) is 19.1 Å². The summed E-state index contributed by atoms with van der Waals surface area (Å²) in [7, 11) is -3.23. The van der Waals surface area contributed by atoms with Gasteiger partial charge in [0.25, 0.3) is 5.91 Å². The number of hydrogen-bond acceptors (Lipinski definition) is 4. The third-order valence-corrected chi connectivity index (χ3v) is 4.84. The maximum Gasteiger partial charge on any atom is 0.254 e. The van der Waals surface area contributed by atoms with Crippen molar-refractivity contribution in [3.8, 4) is 0 Å². The van der Waals surface area contributed by atoms with Gasteiger partial charge in [-0.05, 0) is 44.0 Å². The van der Waals surface area contributed by atoms with Crippen molar-refractivity contribution in [2.75, 3.05) is 12.8 Å². The zero-order valence-electron chi connectivity index (χ0n) is 11.7. The van der Waals surface area contributed by atoms with Crippen LogP contribution in [0.3, 0.4) is 0 Å². The SMILES string of the molecule is CC1CC(N)CCN1C(=O)c1ccc(S(C)(=O)=O)cc1. The van der Waals surface area contributed by atoms with Gasteiger partial charge < -0.3 is 10.6 Å². The fourth-order valence-electron chi connectivity index (χ4n) is 2.52. The molecule has 1 aromatic carbocycles. The molecule has 0 spiro atoms. The van der Waals surface area contributed by atoms with Crippen molar-refractivity contribution in [2.45, 2.75) is 36.7 Å².